The van der Waals surface area contributed by atoms with Crippen LogP contribution in [-0.2, 0) is 9.45 Å². The van der Waals surface area contributed by atoms with E-state index in [0.29, 0.717) is 29.5 Å². The molecule has 0 heterocycles. The molecule has 4 rings (SSSR count). The Morgan fingerprint density at radius 1 is 0.667 bits per heavy atom. The van der Waals surface area contributed by atoms with Crippen molar-refractivity contribution < 1.29 is 9.45 Å². The normalized spacial score (nSPS) is 36.5. The van der Waals surface area contributed by atoms with Gasteiger partial charge in [-0.2, -0.15) is 0 Å². The van der Waals surface area contributed by atoms with Crippen LogP contribution in [0.15, 0.2) is 123 Å². The second-order valence-electron chi connectivity index (χ2n) is 8.03. The second-order valence-corrected chi connectivity index (χ2v) is 8.03. The van der Waals surface area contributed by atoms with Crippen LogP contribution in [0.3, 0.4) is 0 Å². The molecule has 2 nitrogen and oxygen atoms in total. The van der Waals surface area contributed by atoms with Gasteiger partial charge in [0.25, 0.3) is 0 Å². The Bertz CT molecular complexity index is 830. The first-order valence-corrected chi connectivity index (χ1v) is 11.1. The van der Waals surface area contributed by atoms with E-state index in [1.807, 2.05) is 48.6 Å². The van der Waals surface area contributed by atoms with Gasteiger partial charge >= 0.3 is 11.3 Å². The van der Waals surface area contributed by atoms with Crippen molar-refractivity contribution in [2.75, 3.05) is 0 Å². The third-order valence-electron chi connectivity index (χ3n) is 6.26. The second kappa shape index (κ2) is 15.6. The van der Waals surface area contributed by atoms with Crippen LogP contribution in [0.25, 0.3) is 0 Å². The van der Waals surface area contributed by atoms with Crippen LogP contribution in [-0.4, -0.2) is 5.78 Å². The number of hydrogen-bond acceptors (Lipinski definition) is 1. The van der Waals surface area contributed by atoms with Crippen molar-refractivity contribution in [1.29, 1.82) is 0 Å². The summed E-state index contributed by atoms with van der Waals surface area (Å²) in [5.41, 5.74) is 0. The summed E-state index contributed by atoms with van der Waals surface area (Å²) in [6, 6.07) is 0. The summed E-state index contributed by atoms with van der Waals surface area (Å²) in [6.45, 7) is 12.2. The minimum absolute atomic E-state index is 0. The number of hydrogen-bond donors (Lipinski definition) is 0. The van der Waals surface area contributed by atoms with Gasteiger partial charge in [-0.05, 0) is 24.7 Å². The fourth-order valence-electron chi connectivity index (χ4n) is 4.62. The maximum atomic E-state index is 12.3. The molecule has 4 aliphatic carbocycles. The number of fused-ring (bicyclic) bond motifs is 5. The van der Waals surface area contributed by atoms with Gasteiger partial charge in [-0.25, -0.2) is 0 Å². The molecule has 1 fully saturated rings. The van der Waals surface area contributed by atoms with Crippen molar-refractivity contribution in [2.45, 2.75) is 20.3 Å². The monoisotopic (exact) mass is 440 g/mol. The van der Waals surface area contributed by atoms with E-state index in [1.165, 1.54) is 0 Å². The molecule has 0 aromatic carbocycles. The van der Waals surface area contributed by atoms with E-state index in [4.69, 9.17) is 4.65 Å². The van der Waals surface area contributed by atoms with Gasteiger partial charge in [0.15, 0.2) is 0 Å². The van der Waals surface area contributed by atoms with Crippen LogP contribution in [0.1, 0.15) is 20.3 Å². The molecule has 2 heteroatoms. The predicted octanol–water partition coefficient (Wildman–Crippen LogP) is 7.49. The Balaban J connectivity index is 0.000000302. The number of carbonyl (C=O) groups is 1. The first-order valence-electron chi connectivity index (χ1n) is 11.1. The summed E-state index contributed by atoms with van der Waals surface area (Å²) in [6.07, 6.45) is 39.2. The van der Waals surface area contributed by atoms with E-state index in [-0.39, 0.29) is 19.3 Å². The van der Waals surface area contributed by atoms with Gasteiger partial charge in [0.05, 0.1) is 0 Å². The minimum atomic E-state index is 0. The van der Waals surface area contributed by atoms with E-state index in [2.05, 4.69) is 80.6 Å². The van der Waals surface area contributed by atoms with Crippen LogP contribution in [0.2, 0.25) is 0 Å². The standard InChI is InChI=1S/C15H16O.C14H16.CO.CH4/c16-15-13-9-3-1-2-4-10-14(15)12-8-6-5-7-11(12)13;1-3-13-11-9-7-5-6-8-10-12-14(13)4-2;1-2;/h1-8,11-14H,9-10H2;3-14H,1-2H2;;1H4/b3-1-,4-2-;7-5-,8-6-,11-9+,12-10+;;/t11?,12?,13-,14+;;;. The van der Waals surface area contributed by atoms with Crippen LogP contribution < -0.4 is 0 Å². The average molecular weight is 441 g/mol. The van der Waals surface area contributed by atoms with Crippen molar-refractivity contribution in [3.63, 3.8) is 0 Å². The van der Waals surface area contributed by atoms with Crippen LogP contribution in [0.4, 0.5) is 0 Å². The molecular weight excluding hydrogens is 404 g/mol. The molecule has 0 saturated heterocycles. The van der Waals surface area contributed by atoms with E-state index >= 15 is 0 Å². The van der Waals surface area contributed by atoms with Gasteiger partial charge in [0.1, 0.15) is 5.78 Å². The number of allylic oxidation sites excluding steroid dienone is 18. The molecule has 0 radical (unpaired) electrons. The molecule has 6 atom stereocenters. The van der Waals surface area contributed by atoms with E-state index in [9.17, 15) is 4.79 Å². The molecule has 1 saturated carbocycles. The Labute approximate surface area is 200 Å². The van der Waals surface area contributed by atoms with Crippen molar-refractivity contribution in [3.05, 3.63) is 129 Å². The molecule has 33 heavy (non-hydrogen) atoms. The molecule has 172 valence electrons. The van der Waals surface area contributed by atoms with Gasteiger partial charge in [-0.3, -0.25) is 4.79 Å². The number of Topliss-reactive ketones (excluding diaryl/α,β-unsaturated/α-hetero) is 1. The molecule has 4 aliphatic rings. The Morgan fingerprint density at radius 3 is 1.42 bits per heavy atom. The zero-order valence-corrected chi connectivity index (χ0v) is 18.5. The van der Waals surface area contributed by atoms with E-state index < -0.39 is 0 Å². The topological polar surface area (TPSA) is 37.0 Å². The van der Waals surface area contributed by atoms with Crippen molar-refractivity contribution >= 4 is 5.78 Å². The van der Waals surface area contributed by atoms with E-state index in [1.54, 1.807) is 0 Å². The Hall–Kier alpha value is -3.19. The molecule has 0 aliphatic heterocycles. The van der Waals surface area contributed by atoms with E-state index in [0.717, 1.165) is 12.8 Å². The first-order chi connectivity index (χ1) is 15.8. The quantitative estimate of drug-likeness (QED) is 0.249. The fraction of sp³-hybridized carbons (Fsp3) is 0.290. The number of rotatable bonds is 2. The number of carbonyl (C=O) groups excluding carboxylic acids is 1. The van der Waals surface area contributed by atoms with Crippen LogP contribution in [0.5, 0.6) is 0 Å². The average Bonchev–Trinajstić information content (AvgIpc) is 3.16. The first kappa shape index (κ1) is 27.8. The third kappa shape index (κ3) is 7.71. The van der Waals surface area contributed by atoms with Crippen molar-refractivity contribution in [1.82, 2.24) is 0 Å². The Morgan fingerprint density at radius 2 is 1.03 bits per heavy atom. The third-order valence-corrected chi connectivity index (χ3v) is 6.26. The van der Waals surface area contributed by atoms with Crippen molar-refractivity contribution in [3.8, 4) is 0 Å². The Kier molecular flexibility index (Phi) is 13.2. The maximum absolute atomic E-state index is 12.3. The van der Waals surface area contributed by atoms with Gasteiger partial charge < -0.3 is 0 Å². The SMILES string of the molecule is C.C=CC1/C=C/C=C\C=C/C=C/C1C=C.O=C1[C@H]2C/C=C\C=C/C[C@@H]1C1C=CC=CC12.[C-]#[O+]. The zero-order chi connectivity index (χ0) is 23.2. The summed E-state index contributed by atoms with van der Waals surface area (Å²) >= 11 is 0. The summed E-state index contributed by atoms with van der Waals surface area (Å²) in [5, 5.41) is 0. The van der Waals surface area contributed by atoms with Gasteiger partial charge in [0.2, 0.25) is 0 Å². The summed E-state index contributed by atoms with van der Waals surface area (Å²) in [7, 11) is 0. The van der Waals surface area contributed by atoms with Gasteiger partial charge in [-0.15, -0.1) is 13.2 Å². The van der Waals surface area contributed by atoms with Gasteiger partial charge in [-0.1, -0.05) is 117 Å². The molecule has 0 amide bonds. The molecule has 0 spiro atoms. The zero-order valence-electron chi connectivity index (χ0n) is 18.5. The molecule has 2 bridgehead atoms. The van der Waals surface area contributed by atoms with Gasteiger partial charge in [0, 0.05) is 23.7 Å². The summed E-state index contributed by atoms with van der Waals surface area (Å²) in [5.74, 6) is 2.46. The molecule has 0 aromatic heterocycles. The van der Waals surface area contributed by atoms with Crippen molar-refractivity contribution in [2.24, 2.45) is 35.5 Å². The molecule has 4 unspecified atom stereocenters. The molecule has 0 N–H and O–H groups in total. The fourth-order valence-corrected chi connectivity index (χ4v) is 4.62. The number of ketones is 1. The van der Waals surface area contributed by atoms with Crippen LogP contribution in [0, 0.1) is 42.2 Å². The van der Waals surface area contributed by atoms with Crippen LogP contribution >= 0.6 is 0 Å². The molecule has 0 aromatic rings. The predicted molar refractivity (Wildman–Crippen MR) is 139 cm³/mol. The summed E-state index contributed by atoms with van der Waals surface area (Å²) < 4.78 is 7.50. The summed E-state index contributed by atoms with van der Waals surface area (Å²) in [4.78, 5) is 12.3. The molecular formula is C31H36O2.